The first kappa shape index (κ1) is 16.8. The van der Waals surface area contributed by atoms with Crippen LogP contribution in [0.5, 0.6) is 0 Å². The van der Waals surface area contributed by atoms with Crippen LogP contribution in [0, 0.1) is 28.6 Å². The molecule has 1 heterocycles. The van der Waals surface area contributed by atoms with E-state index in [0.717, 1.165) is 6.42 Å². The Labute approximate surface area is 128 Å². The summed E-state index contributed by atoms with van der Waals surface area (Å²) >= 11 is 0. The van der Waals surface area contributed by atoms with Crippen LogP contribution in [0.15, 0.2) is 0 Å². The molecule has 0 bridgehead atoms. The van der Waals surface area contributed by atoms with Gasteiger partial charge in [-0.2, -0.15) is 5.26 Å². The Morgan fingerprint density at radius 2 is 1.71 bits per heavy atom. The van der Waals surface area contributed by atoms with Crippen LogP contribution in [0.3, 0.4) is 0 Å². The predicted molar refractivity (Wildman–Crippen MR) is 82.4 cm³/mol. The lowest BCUT2D eigenvalue weighted by atomic mass is 9.70. The van der Waals surface area contributed by atoms with Crippen molar-refractivity contribution in [1.29, 1.82) is 5.26 Å². The largest absolute Gasteiger partial charge is 0.381 e. The van der Waals surface area contributed by atoms with Crippen LogP contribution >= 0.6 is 0 Å². The molecule has 0 aromatic carbocycles. The Balaban J connectivity index is 2.22. The molecule has 0 radical (unpaired) electrons. The third-order valence-electron chi connectivity index (χ3n) is 5.24. The van der Waals surface area contributed by atoms with Gasteiger partial charge in [-0.3, -0.25) is 0 Å². The molecule has 0 aromatic rings. The summed E-state index contributed by atoms with van der Waals surface area (Å²) in [7, 11) is -3.24. The number of sulfone groups is 1. The molecule has 1 saturated carbocycles. The van der Waals surface area contributed by atoms with E-state index in [1.54, 1.807) is 0 Å². The van der Waals surface area contributed by atoms with Gasteiger partial charge in [0.05, 0.1) is 22.5 Å². The van der Waals surface area contributed by atoms with Crippen molar-refractivity contribution in [2.45, 2.75) is 63.4 Å². The van der Waals surface area contributed by atoms with E-state index in [1.807, 2.05) is 0 Å². The standard InChI is InChI=1S/C16H27NO3S/c1-16(2,3)13-5-4-12(11-17)15(10-13)21(18,19)14-6-8-20-9-7-14/h12-15H,4-10H2,1-3H3. The quantitative estimate of drug-likeness (QED) is 0.786. The molecule has 4 nitrogen and oxygen atoms in total. The molecule has 0 aromatic heterocycles. The monoisotopic (exact) mass is 313 g/mol. The first-order chi connectivity index (χ1) is 9.76. The second-order valence-corrected chi connectivity index (χ2v) is 10.0. The highest BCUT2D eigenvalue weighted by Gasteiger charge is 2.45. The molecule has 2 aliphatic rings. The average molecular weight is 313 g/mol. The first-order valence-corrected chi connectivity index (χ1v) is 9.58. The lowest BCUT2D eigenvalue weighted by molar-refractivity contribution is 0.0974. The van der Waals surface area contributed by atoms with E-state index >= 15 is 0 Å². The second kappa shape index (κ2) is 6.26. The first-order valence-electron chi connectivity index (χ1n) is 7.97. The van der Waals surface area contributed by atoms with Crippen LogP contribution in [0.25, 0.3) is 0 Å². The van der Waals surface area contributed by atoms with Crippen LogP contribution in [0.2, 0.25) is 0 Å². The number of nitrogens with zero attached hydrogens (tertiary/aromatic N) is 1. The summed E-state index contributed by atoms with van der Waals surface area (Å²) in [6.45, 7) is 7.56. The molecule has 0 N–H and O–H groups in total. The summed E-state index contributed by atoms with van der Waals surface area (Å²) in [5.74, 6) is 0.0400. The summed E-state index contributed by atoms with van der Waals surface area (Å²) in [6.07, 6.45) is 3.48. The van der Waals surface area contributed by atoms with Gasteiger partial charge in [0.25, 0.3) is 0 Å². The van der Waals surface area contributed by atoms with E-state index in [0.29, 0.717) is 44.8 Å². The molecule has 1 aliphatic carbocycles. The van der Waals surface area contributed by atoms with Crippen LogP contribution in [-0.4, -0.2) is 32.1 Å². The minimum absolute atomic E-state index is 0.101. The van der Waals surface area contributed by atoms with E-state index in [9.17, 15) is 13.7 Å². The Morgan fingerprint density at radius 1 is 1.10 bits per heavy atom. The lowest BCUT2D eigenvalue weighted by Crippen LogP contribution is -2.44. The third-order valence-corrected chi connectivity index (χ3v) is 8.00. The molecule has 2 fully saturated rings. The van der Waals surface area contributed by atoms with Gasteiger partial charge in [-0.1, -0.05) is 20.8 Å². The Kier molecular flexibility index (Phi) is 4.99. The maximum Gasteiger partial charge on any atom is 0.157 e. The van der Waals surface area contributed by atoms with Crippen LogP contribution in [0.4, 0.5) is 0 Å². The number of rotatable bonds is 2. The number of hydrogen-bond acceptors (Lipinski definition) is 4. The molecule has 1 saturated heterocycles. The van der Waals surface area contributed by atoms with Crippen molar-refractivity contribution >= 4 is 9.84 Å². The maximum absolute atomic E-state index is 13.0. The van der Waals surface area contributed by atoms with Crippen molar-refractivity contribution in [3.8, 4) is 6.07 Å². The zero-order chi connectivity index (χ0) is 15.7. The molecular formula is C16H27NO3S. The van der Waals surface area contributed by atoms with Crippen LogP contribution in [0.1, 0.15) is 52.9 Å². The topological polar surface area (TPSA) is 67.2 Å². The highest BCUT2D eigenvalue weighted by Crippen LogP contribution is 2.43. The van der Waals surface area contributed by atoms with E-state index in [2.05, 4.69) is 26.8 Å². The van der Waals surface area contributed by atoms with Gasteiger partial charge in [-0.05, 0) is 43.4 Å². The molecule has 2 rings (SSSR count). The SMILES string of the molecule is CC(C)(C)C1CCC(C#N)C(S(=O)(=O)C2CCOCC2)C1. The van der Waals surface area contributed by atoms with Gasteiger partial charge in [0.15, 0.2) is 9.84 Å². The van der Waals surface area contributed by atoms with Gasteiger partial charge in [-0.15, -0.1) is 0 Å². The van der Waals surface area contributed by atoms with Gasteiger partial charge in [0.1, 0.15) is 0 Å². The molecule has 0 spiro atoms. The van der Waals surface area contributed by atoms with E-state index in [-0.39, 0.29) is 16.6 Å². The minimum atomic E-state index is -3.24. The van der Waals surface area contributed by atoms with Crippen molar-refractivity contribution in [2.24, 2.45) is 17.3 Å². The van der Waals surface area contributed by atoms with Crippen molar-refractivity contribution in [1.82, 2.24) is 0 Å². The number of nitriles is 1. The molecule has 21 heavy (non-hydrogen) atoms. The fourth-order valence-electron chi connectivity index (χ4n) is 3.68. The van der Waals surface area contributed by atoms with E-state index in [4.69, 9.17) is 4.74 Å². The number of hydrogen-bond donors (Lipinski definition) is 0. The minimum Gasteiger partial charge on any atom is -0.381 e. The molecule has 3 atom stereocenters. The lowest BCUT2D eigenvalue weighted by Gasteiger charge is -2.40. The van der Waals surface area contributed by atoms with Gasteiger partial charge in [0.2, 0.25) is 0 Å². The van der Waals surface area contributed by atoms with Gasteiger partial charge in [-0.25, -0.2) is 8.42 Å². The molecule has 3 unspecified atom stereocenters. The van der Waals surface area contributed by atoms with Crippen molar-refractivity contribution < 1.29 is 13.2 Å². The van der Waals surface area contributed by atoms with Gasteiger partial charge in [0, 0.05) is 13.2 Å². The van der Waals surface area contributed by atoms with Crippen LogP contribution < -0.4 is 0 Å². The molecular weight excluding hydrogens is 286 g/mol. The highest BCUT2D eigenvalue weighted by atomic mass is 32.2. The van der Waals surface area contributed by atoms with E-state index in [1.165, 1.54) is 0 Å². The second-order valence-electron chi connectivity index (χ2n) is 7.55. The Hall–Kier alpha value is -0.600. The predicted octanol–water partition coefficient (Wildman–Crippen LogP) is 2.93. The Bertz CT molecular complexity index is 495. The molecule has 0 amide bonds. The van der Waals surface area contributed by atoms with Gasteiger partial charge >= 0.3 is 0 Å². The summed E-state index contributed by atoms with van der Waals surface area (Å²) in [4.78, 5) is 0. The maximum atomic E-state index is 13.0. The van der Waals surface area contributed by atoms with Crippen molar-refractivity contribution in [3.05, 3.63) is 0 Å². The average Bonchev–Trinajstić information content (AvgIpc) is 2.46. The smallest absolute Gasteiger partial charge is 0.157 e. The van der Waals surface area contributed by atoms with E-state index < -0.39 is 15.1 Å². The normalized spacial score (nSPS) is 32.6. The summed E-state index contributed by atoms with van der Waals surface area (Å²) in [6, 6.07) is 2.26. The fraction of sp³-hybridized carbons (Fsp3) is 0.938. The molecule has 1 aliphatic heterocycles. The van der Waals surface area contributed by atoms with Gasteiger partial charge < -0.3 is 4.74 Å². The molecule has 5 heteroatoms. The summed E-state index contributed by atoms with van der Waals surface area (Å²) < 4.78 is 31.2. The van der Waals surface area contributed by atoms with Crippen LogP contribution in [-0.2, 0) is 14.6 Å². The van der Waals surface area contributed by atoms with Crippen molar-refractivity contribution in [3.63, 3.8) is 0 Å². The Morgan fingerprint density at radius 3 is 2.24 bits per heavy atom. The summed E-state index contributed by atoms with van der Waals surface area (Å²) in [5, 5.41) is 8.58. The highest BCUT2D eigenvalue weighted by molar-refractivity contribution is 7.92. The molecule has 120 valence electrons. The number of ether oxygens (including phenoxy) is 1. The zero-order valence-corrected chi connectivity index (χ0v) is 14.2. The third kappa shape index (κ3) is 3.60. The van der Waals surface area contributed by atoms with Crippen molar-refractivity contribution in [2.75, 3.05) is 13.2 Å². The summed E-state index contributed by atoms with van der Waals surface area (Å²) in [5.41, 5.74) is 0.101. The fourth-order valence-corrected chi connectivity index (χ4v) is 6.18. The zero-order valence-electron chi connectivity index (χ0n) is 13.3.